The van der Waals surface area contributed by atoms with Crippen LogP contribution < -0.4 is 5.56 Å². The molecule has 1 saturated heterocycles. The number of hydrogen-bond acceptors (Lipinski definition) is 4. The van der Waals surface area contributed by atoms with Gasteiger partial charge in [0.2, 0.25) is 0 Å². The van der Waals surface area contributed by atoms with E-state index >= 15 is 0 Å². The summed E-state index contributed by atoms with van der Waals surface area (Å²) >= 11 is 5.91. The lowest BCUT2D eigenvalue weighted by Gasteiger charge is -2.26. The van der Waals surface area contributed by atoms with Crippen molar-refractivity contribution in [2.45, 2.75) is 19.4 Å². The van der Waals surface area contributed by atoms with Crippen LogP contribution in [0.3, 0.4) is 0 Å². The second kappa shape index (κ2) is 8.42. The van der Waals surface area contributed by atoms with E-state index in [1.54, 1.807) is 29.1 Å². The molecule has 1 aromatic heterocycles. The molecule has 0 atom stereocenters. The molecular weight excluding hydrogens is 326 g/mol. The monoisotopic (exact) mass is 347 g/mol. The summed E-state index contributed by atoms with van der Waals surface area (Å²) in [7, 11) is 0. The van der Waals surface area contributed by atoms with Crippen LogP contribution in [0.1, 0.15) is 12.8 Å². The highest BCUT2D eigenvalue weighted by Gasteiger charge is 2.10. The quantitative estimate of drug-likeness (QED) is 0.754. The SMILES string of the molecule is O=c1c(-c2ccc(Cl)cc2)ccnn1CCCCN1CCOCC1. The summed E-state index contributed by atoms with van der Waals surface area (Å²) in [5.74, 6) is 0. The van der Waals surface area contributed by atoms with Crippen molar-refractivity contribution in [3.05, 3.63) is 51.9 Å². The molecule has 0 spiro atoms. The van der Waals surface area contributed by atoms with Crippen molar-refractivity contribution in [2.75, 3.05) is 32.8 Å². The Kier molecular flexibility index (Phi) is 6.01. The minimum absolute atomic E-state index is 0.0498. The first-order valence-electron chi connectivity index (χ1n) is 8.36. The van der Waals surface area contributed by atoms with E-state index in [2.05, 4.69) is 10.00 Å². The molecule has 2 aromatic rings. The molecule has 1 aliphatic rings. The van der Waals surface area contributed by atoms with E-state index in [1.807, 2.05) is 12.1 Å². The van der Waals surface area contributed by atoms with Crippen LogP contribution in [0.15, 0.2) is 41.3 Å². The number of nitrogens with zero attached hydrogens (tertiary/aromatic N) is 3. The molecule has 1 aromatic carbocycles. The fraction of sp³-hybridized carbons (Fsp3) is 0.444. The first kappa shape index (κ1) is 17.1. The highest BCUT2D eigenvalue weighted by molar-refractivity contribution is 6.30. The molecule has 6 heteroatoms. The molecule has 1 fully saturated rings. The fourth-order valence-corrected chi connectivity index (χ4v) is 3.01. The molecule has 1 aliphatic heterocycles. The van der Waals surface area contributed by atoms with Crippen molar-refractivity contribution in [3.8, 4) is 11.1 Å². The molecule has 0 amide bonds. The van der Waals surface area contributed by atoms with Gasteiger partial charge in [-0.05, 0) is 43.1 Å². The number of ether oxygens (including phenoxy) is 1. The molecule has 24 heavy (non-hydrogen) atoms. The first-order chi connectivity index (χ1) is 11.7. The smallest absolute Gasteiger partial charge is 0.274 e. The summed E-state index contributed by atoms with van der Waals surface area (Å²) in [5, 5.41) is 4.87. The Morgan fingerprint density at radius 3 is 2.50 bits per heavy atom. The summed E-state index contributed by atoms with van der Waals surface area (Å²) in [6.07, 6.45) is 3.68. The van der Waals surface area contributed by atoms with Crippen LogP contribution in [0.25, 0.3) is 11.1 Å². The number of morpholine rings is 1. The Bertz CT molecular complexity index is 709. The van der Waals surface area contributed by atoms with Gasteiger partial charge in [0.1, 0.15) is 0 Å². The van der Waals surface area contributed by atoms with Gasteiger partial charge in [-0.25, -0.2) is 4.68 Å². The Labute approximate surface area is 146 Å². The van der Waals surface area contributed by atoms with Gasteiger partial charge < -0.3 is 4.74 Å². The maximum Gasteiger partial charge on any atom is 0.274 e. The van der Waals surface area contributed by atoms with E-state index in [0.29, 0.717) is 17.1 Å². The van der Waals surface area contributed by atoms with E-state index < -0.39 is 0 Å². The third kappa shape index (κ3) is 4.44. The zero-order valence-electron chi connectivity index (χ0n) is 13.7. The third-order valence-electron chi connectivity index (χ3n) is 4.27. The van der Waals surface area contributed by atoms with Crippen molar-refractivity contribution in [1.82, 2.24) is 14.7 Å². The van der Waals surface area contributed by atoms with Crippen LogP contribution in [0.5, 0.6) is 0 Å². The lowest BCUT2D eigenvalue weighted by atomic mass is 10.1. The zero-order chi connectivity index (χ0) is 16.8. The molecule has 0 unspecified atom stereocenters. The number of aryl methyl sites for hydroxylation is 1. The van der Waals surface area contributed by atoms with Gasteiger partial charge in [0.15, 0.2) is 0 Å². The summed E-state index contributed by atoms with van der Waals surface area (Å²) in [4.78, 5) is 15.0. The van der Waals surface area contributed by atoms with E-state index in [-0.39, 0.29) is 5.56 Å². The molecule has 0 radical (unpaired) electrons. The summed E-state index contributed by atoms with van der Waals surface area (Å²) in [6.45, 7) is 5.35. The minimum atomic E-state index is -0.0498. The topological polar surface area (TPSA) is 47.4 Å². The molecule has 3 rings (SSSR count). The van der Waals surface area contributed by atoms with E-state index in [4.69, 9.17) is 16.3 Å². The zero-order valence-corrected chi connectivity index (χ0v) is 14.4. The summed E-state index contributed by atoms with van der Waals surface area (Å²) in [5.41, 5.74) is 1.48. The Morgan fingerprint density at radius 2 is 1.75 bits per heavy atom. The first-order valence-corrected chi connectivity index (χ1v) is 8.74. The Morgan fingerprint density at radius 1 is 1.04 bits per heavy atom. The van der Waals surface area contributed by atoms with Gasteiger partial charge in [0, 0.05) is 30.9 Å². The number of hydrogen-bond donors (Lipinski definition) is 0. The molecule has 0 saturated carbocycles. The molecule has 2 heterocycles. The van der Waals surface area contributed by atoms with E-state index in [1.165, 1.54) is 0 Å². The second-order valence-electron chi connectivity index (χ2n) is 5.94. The maximum absolute atomic E-state index is 12.6. The van der Waals surface area contributed by atoms with Gasteiger partial charge in [-0.1, -0.05) is 23.7 Å². The maximum atomic E-state index is 12.6. The van der Waals surface area contributed by atoms with E-state index in [9.17, 15) is 4.79 Å². The number of halogens is 1. The van der Waals surface area contributed by atoms with Crippen molar-refractivity contribution in [1.29, 1.82) is 0 Å². The van der Waals surface area contributed by atoms with Gasteiger partial charge in [0.25, 0.3) is 5.56 Å². The number of unbranched alkanes of at least 4 members (excludes halogenated alkanes) is 1. The predicted molar refractivity (Wildman–Crippen MR) is 95.4 cm³/mol. The largest absolute Gasteiger partial charge is 0.379 e. The molecule has 5 nitrogen and oxygen atoms in total. The number of benzene rings is 1. The summed E-state index contributed by atoms with van der Waals surface area (Å²) < 4.78 is 6.91. The van der Waals surface area contributed by atoms with Crippen LogP contribution in [-0.4, -0.2) is 47.5 Å². The highest BCUT2D eigenvalue weighted by atomic mass is 35.5. The Hall–Kier alpha value is -1.69. The van der Waals surface area contributed by atoms with Crippen molar-refractivity contribution in [2.24, 2.45) is 0 Å². The van der Waals surface area contributed by atoms with Gasteiger partial charge >= 0.3 is 0 Å². The van der Waals surface area contributed by atoms with Gasteiger partial charge in [0.05, 0.1) is 18.8 Å². The van der Waals surface area contributed by atoms with Crippen LogP contribution in [0.4, 0.5) is 0 Å². The average Bonchev–Trinajstić information content (AvgIpc) is 2.62. The average molecular weight is 348 g/mol. The Balaban J connectivity index is 1.59. The van der Waals surface area contributed by atoms with Crippen molar-refractivity contribution in [3.63, 3.8) is 0 Å². The van der Waals surface area contributed by atoms with Gasteiger partial charge in [-0.15, -0.1) is 0 Å². The van der Waals surface area contributed by atoms with Crippen molar-refractivity contribution >= 4 is 11.6 Å². The minimum Gasteiger partial charge on any atom is -0.379 e. The highest BCUT2D eigenvalue weighted by Crippen LogP contribution is 2.17. The standard InChI is InChI=1S/C18H22ClN3O2/c19-16-5-3-15(4-6-16)17-7-8-20-22(18(17)23)10-2-1-9-21-11-13-24-14-12-21/h3-8H,1-2,9-14H2. The molecule has 128 valence electrons. The van der Waals surface area contributed by atoms with Gasteiger partial charge in [-0.2, -0.15) is 5.10 Å². The number of aromatic nitrogens is 2. The molecule has 0 aliphatic carbocycles. The van der Waals surface area contributed by atoms with Gasteiger partial charge in [-0.3, -0.25) is 9.69 Å². The molecule has 0 N–H and O–H groups in total. The lowest BCUT2D eigenvalue weighted by Crippen LogP contribution is -2.37. The lowest BCUT2D eigenvalue weighted by molar-refractivity contribution is 0.0370. The second-order valence-corrected chi connectivity index (χ2v) is 6.38. The molecule has 0 bridgehead atoms. The van der Waals surface area contributed by atoms with Crippen LogP contribution in [0.2, 0.25) is 5.02 Å². The third-order valence-corrected chi connectivity index (χ3v) is 4.52. The van der Waals surface area contributed by atoms with Crippen LogP contribution in [-0.2, 0) is 11.3 Å². The van der Waals surface area contributed by atoms with Crippen LogP contribution >= 0.6 is 11.6 Å². The predicted octanol–water partition coefficient (Wildman–Crippen LogP) is 2.68. The molecular formula is C18H22ClN3O2. The summed E-state index contributed by atoms with van der Waals surface area (Å²) in [6, 6.07) is 9.08. The van der Waals surface area contributed by atoms with Crippen LogP contribution in [0, 0.1) is 0 Å². The number of rotatable bonds is 6. The van der Waals surface area contributed by atoms with E-state index in [0.717, 1.165) is 51.3 Å². The normalized spacial score (nSPS) is 15.5. The fourth-order valence-electron chi connectivity index (χ4n) is 2.88. The van der Waals surface area contributed by atoms with Crippen molar-refractivity contribution < 1.29 is 4.74 Å².